The lowest BCUT2D eigenvalue weighted by atomic mass is 9.83. The molecule has 1 aliphatic carbocycles. The lowest BCUT2D eigenvalue weighted by Gasteiger charge is -2.24. The first-order chi connectivity index (χ1) is 8.29. The summed E-state index contributed by atoms with van der Waals surface area (Å²) < 4.78 is 5.61. The molecule has 17 heavy (non-hydrogen) atoms. The van der Waals surface area contributed by atoms with Crippen molar-refractivity contribution >= 4 is 11.6 Å². The first-order valence-corrected chi connectivity index (χ1v) is 6.43. The highest BCUT2D eigenvalue weighted by Crippen LogP contribution is 2.29. The fourth-order valence-electron chi connectivity index (χ4n) is 1.95. The molecule has 90 valence electrons. The van der Waals surface area contributed by atoms with E-state index in [0.717, 1.165) is 24.5 Å². The molecule has 1 aromatic carbocycles. The monoisotopic (exact) mass is 249 g/mol. The molecule has 0 heterocycles. The Bertz CT molecular complexity index is 421. The first kappa shape index (κ1) is 12.4. The van der Waals surface area contributed by atoms with Crippen LogP contribution in [0.4, 0.5) is 0 Å². The lowest BCUT2D eigenvalue weighted by molar-refractivity contribution is 0.0950. The van der Waals surface area contributed by atoms with Crippen LogP contribution in [0.3, 0.4) is 0 Å². The van der Waals surface area contributed by atoms with Crippen LogP contribution in [-0.4, -0.2) is 6.61 Å². The number of nitriles is 1. The summed E-state index contributed by atoms with van der Waals surface area (Å²) in [5.74, 6) is 0.881. The van der Waals surface area contributed by atoms with Crippen molar-refractivity contribution in [2.24, 2.45) is 5.92 Å². The zero-order chi connectivity index (χ0) is 12.1. The number of nitrogens with zero attached hydrogens (tertiary/aromatic N) is 1. The van der Waals surface area contributed by atoms with E-state index in [4.69, 9.17) is 21.6 Å². The molecule has 0 radical (unpaired) electrons. The standard InChI is InChI=1S/C14H16ClNO/c15-14-8-12(9-16)4-5-13(14)10-17-7-6-11-2-1-3-11/h4-5,8,11H,1-3,6-7,10H2. The molecule has 0 amide bonds. The summed E-state index contributed by atoms with van der Waals surface area (Å²) in [7, 11) is 0. The van der Waals surface area contributed by atoms with E-state index in [9.17, 15) is 0 Å². The van der Waals surface area contributed by atoms with E-state index >= 15 is 0 Å². The second-order valence-corrected chi connectivity index (χ2v) is 4.96. The van der Waals surface area contributed by atoms with Crippen LogP contribution in [0.15, 0.2) is 18.2 Å². The Morgan fingerprint density at radius 2 is 2.24 bits per heavy atom. The van der Waals surface area contributed by atoms with Crippen LogP contribution in [0.25, 0.3) is 0 Å². The summed E-state index contributed by atoms with van der Waals surface area (Å²) in [6, 6.07) is 7.39. The van der Waals surface area contributed by atoms with E-state index in [0.29, 0.717) is 17.2 Å². The highest BCUT2D eigenvalue weighted by molar-refractivity contribution is 6.31. The molecule has 1 aromatic rings. The predicted octanol–water partition coefficient (Wildman–Crippen LogP) is 3.92. The van der Waals surface area contributed by atoms with Crippen LogP contribution >= 0.6 is 11.6 Å². The summed E-state index contributed by atoms with van der Waals surface area (Å²) in [5.41, 5.74) is 1.55. The van der Waals surface area contributed by atoms with Crippen LogP contribution in [0, 0.1) is 17.2 Å². The number of ether oxygens (including phenoxy) is 1. The van der Waals surface area contributed by atoms with Gasteiger partial charge in [-0.05, 0) is 30.0 Å². The van der Waals surface area contributed by atoms with E-state index in [2.05, 4.69) is 6.07 Å². The van der Waals surface area contributed by atoms with Crippen molar-refractivity contribution in [3.8, 4) is 6.07 Å². The maximum atomic E-state index is 8.72. The molecular formula is C14H16ClNO. The molecule has 1 saturated carbocycles. The smallest absolute Gasteiger partial charge is 0.0992 e. The van der Waals surface area contributed by atoms with Crippen molar-refractivity contribution in [1.29, 1.82) is 5.26 Å². The zero-order valence-corrected chi connectivity index (χ0v) is 10.5. The molecule has 2 rings (SSSR count). The SMILES string of the molecule is N#Cc1ccc(COCCC2CCC2)c(Cl)c1. The van der Waals surface area contributed by atoms with Gasteiger partial charge in [0.15, 0.2) is 0 Å². The maximum absolute atomic E-state index is 8.72. The molecular weight excluding hydrogens is 234 g/mol. The van der Waals surface area contributed by atoms with Gasteiger partial charge in [-0.25, -0.2) is 0 Å². The molecule has 0 atom stereocenters. The Kier molecular flexibility index (Phi) is 4.42. The van der Waals surface area contributed by atoms with E-state index in [1.54, 1.807) is 12.1 Å². The van der Waals surface area contributed by atoms with Gasteiger partial charge in [-0.15, -0.1) is 0 Å². The van der Waals surface area contributed by atoms with E-state index in [1.807, 2.05) is 6.07 Å². The average molecular weight is 250 g/mol. The Balaban J connectivity index is 1.76. The second kappa shape index (κ2) is 6.05. The Labute approximate surface area is 107 Å². The normalized spacial score (nSPS) is 15.3. The fourth-order valence-corrected chi connectivity index (χ4v) is 2.18. The van der Waals surface area contributed by atoms with Gasteiger partial charge >= 0.3 is 0 Å². The Morgan fingerprint density at radius 3 is 2.82 bits per heavy atom. The minimum Gasteiger partial charge on any atom is -0.377 e. The van der Waals surface area contributed by atoms with Gasteiger partial charge in [0.25, 0.3) is 0 Å². The van der Waals surface area contributed by atoms with Gasteiger partial charge in [-0.1, -0.05) is 36.9 Å². The number of hydrogen-bond donors (Lipinski definition) is 0. The highest BCUT2D eigenvalue weighted by Gasteiger charge is 2.16. The molecule has 0 N–H and O–H groups in total. The van der Waals surface area contributed by atoms with Crippen LogP contribution < -0.4 is 0 Å². The van der Waals surface area contributed by atoms with Crippen molar-refractivity contribution in [2.45, 2.75) is 32.3 Å². The molecule has 2 nitrogen and oxygen atoms in total. The molecule has 0 aromatic heterocycles. The van der Waals surface area contributed by atoms with Gasteiger partial charge in [0, 0.05) is 11.6 Å². The van der Waals surface area contributed by atoms with Crippen molar-refractivity contribution in [1.82, 2.24) is 0 Å². The van der Waals surface area contributed by atoms with Crippen LogP contribution in [-0.2, 0) is 11.3 Å². The molecule has 3 heteroatoms. The van der Waals surface area contributed by atoms with Crippen molar-refractivity contribution in [3.05, 3.63) is 34.3 Å². The fraction of sp³-hybridized carbons (Fsp3) is 0.500. The number of hydrogen-bond acceptors (Lipinski definition) is 2. The van der Waals surface area contributed by atoms with Crippen LogP contribution in [0.5, 0.6) is 0 Å². The van der Waals surface area contributed by atoms with Crippen molar-refractivity contribution < 1.29 is 4.74 Å². The van der Waals surface area contributed by atoms with Gasteiger partial charge in [0.05, 0.1) is 18.2 Å². The molecule has 0 spiro atoms. The third kappa shape index (κ3) is 3.46. The minimum atomic E-state index is 0.539. The van der Waals surface area contributed by atoms with Gasteiger partial charge in [0.1, 0.15) is 0 Å². The molecule has 1 aliphatic rings. The molecule has 0 unspecified atom stereocenters. The second-order valence-electron chi connectivity index (χ2n) is 4.56. The van der Waals surface area contributed by atoms with Gasteiger partial charge < -0.3 is 4.74 Å². The number of halogens is 1. The summed E-state index contributed by atoms with van der Waals surface area (Å²) in [4.78, 5) is 0. The third-order valence-electron chi connectivity index (χ3n) is 3.33. The summed E-state index contributed by atoms with van der Waals surface area (Å²) in [5, 5.41) is 9.34. The Hall–Kier alpha value is -1.04. The minimum absolute atomic E-state index is 0.539. The largest absolute Gasteiger partial charge is 0.377 e. The predicted molar refractivity (Wildman–Crippen MR) is 67.8 cm³/mol. The quantitative estimate of drug-likeness (QED) is 0.741. The van der Waals surface area contributed by atoms with Crippen molar-refractivity contribution in [3.63, 3.8) is 0 Å². The summed E-state index contributed by atoms with van der Waals surface area (Å²) >= 11 is 6.06. The third-order valence-corrected chi connectivity index (χ3v) is 3.69. The van der Waals surface area contributed by atoms with Gasteiger partial charge in [-0.3, -0.25) is 0 Å². The Morgan fingerprint density at radius 1 is 1.41 bits per heavy atom. The van der Waals surface area contributed by atoms with Crippen molar-refractivity contribution in [2.75, 3.05) is 6.61 Å². The van der Waals surface area contributed by atoms with Gasteiger partial charge in [-0.2, -0.15) is 5.26 Å². The number of rotatable bonds is 5. The topological polar surface area (TPSA) is 33.0 Å². The molecule has 1 fully saturated rings. The van der Waals surface area contributed by atoms with E-state index < -0.39 is 0 Å². The lowest BCUT2D eigenvalue weighted by Crippen LogP contribution is -2.13. The first-order valence-electron chi connectivity index (χ1n) is 6.06. The van der Waals surface area contributed by atoms with E-state index in [-0.39, 0.29) is 0 Å². The van der Waals surface area contributed by atoms with E-state index in [1.165, 1.54) is 19.3 Å². The van der Waals surface area contributed by atoms with Crippen LogP contribution in [0.2, 0.25) is 5.02 Å². The zero-order valence-electron chi connectivity index (χ0n) is 9.79. The number of benzene rings is 1. The molecule has 0 saturated heterocycles. The molecule has 0 bridgehead atoms. The maximum Gasteiger partial charge on any atom is 0.0992 e. The summed E-state index contributed by atoms with van der Waals surface area (Å²) in [6.07, 6.45) is 5.27. The van der Waals surface area contributed by atoms with Gasteiger partial charge in [0.2, 0.25) is 0 Å². The van der Waals surface area contributed by atoms with Crippen LogP contribution in [0.1, 0.15) is 36.8 Å². The average Bonchev–Trinajstić information content (AvgIpc) is 2.28. The summed E-state index contributed by atoms with van der Waals surface area (Å²) in [6.45, 7) is 1.35. The highest BCUT2D eigenvalue weighted by atomic mass is 35.5. The molecule has 0 aliphatic heterocycles.